The van der Waals surface area contributed by atoms with E-state index in [-0.39, 0.29) is 10.8 Å². The normalized spacial score (nSPS) is 11.4. The van der Waals surface area contributed by atoms with Gasteiger partial charge >= 0.3 is 0 Å². The molecule has 146 valence electrons. The van der Waals surface area contributed by atoms with Crippen LogP contribution in [0.15, 0.2) is 46.8 Å². The molecule has 0 fully saturated rings. The third-order valence-corrected chi connectivity index (χ3v) is 6.87. The first kappa shape index (κ1) is 20.0. The lowest BCUT2D eigenvalue weighted by molar-refractivity contribution is 0.102. The van der Waals surface area contributed by atoms with E-state index in [2.05, 4.69) is 15.3 Å². The van der Waals surface area contributed by atoms with Crippen molar-refractivity contribution in [3.63, 3.8) is 0 Å². The molecule has 0 aliphatic carbocycles. The van der Waals surface area contributed by atoms with Crippen molar-refractivity contribution in [3.05, 3.63) is 71.2 Å². The summed E-state index contributed by atoms with van der Waals surface area (Å²) in [6.45, 7) is -1.23. The van der Waals surface area contributed by atoms with Crippen molar-refractivity contribution >= 4 is 32.2 Å². The maximum atomic E-state index is 13.8. The Hall–Kier alpha value is -2.79. The van der Waals surface area contributed by atoms with Crippen molar-refractivity contribution in [2.45, 2.75) is 16.6 Å². The van der Waals surface area contributed by atoms with Crippen molar-refractivity contribution in [1.29, 1.82) is 0 Å². The van der Waals surface area contributed by atoms with Crippen LogP contribution in [0.5, 0.6) is 0 Å². The van der Waals surface area contributed by atoms with Crippen LogP contribution >= 0.6 is 11.3 Å². The molecule has 0 bridgehead atoms. The Labute approximate surface area is 162 Å². The third-order valence-electron chi connectivity index (χ3n) is 3.58. The van der Waals surface area contributed by atoms with Gasteiger partial charge in [0.2, 0.25) is 0 Å². The number of rotatable bonds is 6. The van der Waals surface area contributed by atoms with E-state index in [0.717, 1.165) is 18.2 Å². The topological polar surface area (TPSA) is 89.0 Å². The van der Waals surface area contributed by atoms with Gasteiger partial charge in [0, 0.05) is 11.8 Å². The molecule has 0 unspecified atom stereocenters. The molecule has 2 aromatic heterocycles. The lowest BCUT2D eigenvalue weighted by Gasteiger charge is -2.05. The molecule has 11 heteroatoms. The van der Waals surface area contributed by atoms with Crippen LogP contribution in [0.25, 0.3) is 0 Å². The highest BCUT2D eigenvalue weighted by molar-refractivity contribution is 7.92. The van der Waals surface area contributed by atoms with E-state index in [1.165, 1.54) is 12.3 Å². The first-order chi connectivity index (χ1) is 13.3. The van der Waals surface area contributed by atoms with Crippen molar-refractivity contribution < 1.29 is 26.4 Å². The number of sulfone groups is 1. The predicted molar refractivity (Wildman–Crippen MR) is 96.4 cm³/mol. The Balaban J connectivity index is 1.90. The van der Waals surface area contributed by atoms with E-state index in [9.17, 15) is 26.4 Å². The number of halogens is 3. The highest BCUT2D eigenvalue weighted by Gasteiger charge is 2.27. The Morgan fingerprint density at radius 2 is 1.82 bits per heavy atom. The van der Waals surface area contributed by atoms with Gasteiger partial charge in [0.25, 0.3) is 5.91 Å². The van der Waals surface area contributed by atoms with E-state index >= 15 is 0 Å². The molecule has 0 aliphatic rings. The van der Waals surface area contributed by atoms with E-state index in [1.807, 2.05) is 0 Å². The van der Waals surface area contributed by atoms with Crippen molar-refractivity contribution in [2.75, 3.05) is 5.32 Å². The summed E-state index contributed by atoms with van der Waals surface area (Å²) in [5, 5.41) is 2.17. The van der Waals surface area contributed by atoms with Gasteiger partial charge in [0.1, 0.15) is 33.9 Å². The molecular formula is C17H12F3N3O3S2. The van der Waals surface area contributed by atoms with Crippen LogP contribution in [-0.4, -0.2) is 24.3 Å². The van der Waals surface area contributed by atoms with Gasteiger partial charge < -0.3 is 0 Å². The minimum atomic E-state index is -4.31. The average molecular weight is 427 g/mol. The zero-order valence-corrected chi connectivity index (χ0v) is 15.7. The Kier molecular flexibility index (Phi) is 5.75. The fraction of sp³-hybridized carbons (Fsp3) is 0.118. The molecule has 0 atom stereocenters. The number of pyridine rings is 1. The van der Waals surface area contributed by atoms with Crippen LogP contribution in [0.3, 0.4) is 0 Å². The molecule has 0 saturated heterocycles. The Morgan fingerprint density at radius 3 is 2.43 bits per heavy atom. The van der Waals surface area contributed by atoms with Crippen molar-refractivity contribution in [3.8, 4) is 0 Å². The summed E-state index contributed by atoms with van der Waals surface area (Å²) in [6, 6.07) is 7.57. The number of carbonyl (C=O) groups is 1. The van der Waals surface area contributed by atoms with Crippen LogP contribution in [0.1, 0.15) is 21.7 Å². The lowest BCUT2D eigenvalue weighted by atomic mass is 10.2. The second kappa shape index (κ2) is 8.07. The molecule has 3 aromatic rings. The lowest BCUT2D eigenvalue weighted by Crippen LogP contribution is -2.13. The summed E-state index contributed by atoms with van der Waals surface area (Å²) in [4.78, 5) is 19.7. The molecule has 0 aliphatic heterocycles. The SMILES string of the molecule is O=C(Nc1nc(CF)c(S(=O)(=O)Cc2c(F)cccc2F)s1)c1ccccn1. The fourth-order valence-corrected chi connectivity index (χ4v) is 5.16. The van der Waals surface area contributed by atoms with Crippen LogP contribution in [-0.2, 0) is 22.3 Å². The van der Waals surface area contributed by atoms with Gasteiger partial charge in [-0.3, -0.25) is 15.1 Å². The first-order valence-corrected chi connectivity index (χ1v) is 10.2. The number of amides is 1. The van der Waals surface area contributed by atoms with Gasteiger partial charge in [-0.15, -0.1) is 0 Å². The summed E-state index contributed by atoms with van der Waals surface area (Å²) in [6.07, 6.45) is 1.39. The number of hydrogen-bond donors (Lipinski definition) is 1. The predicted octanol–water partition coefficient (Wildman–Crippen LogP) is 3.51. The number of hydrogen-bond acceptors (Lipinski definition) is 6. The Bertz CT molecular complexity index is 1100. The molecule has 6 nitrogen and oxygen atoms in total. The van der Waals surface area contributed by atoms with Crippen LogP contribution in [0.4, 0.5) is 18.3 Å². The number of alkyl halides is 1. The van der Waals surface area contributed by atoms with E-state index < -0.39 is 55.3 Å². The van der Waals surface area contributed by atoms with Crippen LogP contribution in [0.2, 0.25) is 0 Å². The second-order valence-electron chi connectivity index (χ2n) is 5.52. The molecule has 1 aromatic carbocycles. The smallest absolute Gasteiger partial charge is 0.276 e. The zero-order chi connectivity index (χ0) is 20.3. The summed E-state index contributed by atoms with van der Waals surface area (Å²) in [5.74, 6) is -3.73. The number of carbonyl (C=O) groups excluding carboxylic acids is 1. The summed E-state index contributed by atoms with van der Waals surface area (Å²) >= 11 is 0.501. The molecule has 1 amide bonds. The standard InChI is InChI=1S/C17H12F3N3O3S2/c18-8-14-16(28(25,26)9-10-11(19)4-3-5-12(10)20)27-17(22-14)23-15(24)13-6-1-2-7-21-13/h1-7H,8-9H2,(H,22,23,24). The molecule has 3 rings (SSSR count). The van der Waals surface area contributed by atoms with E-state index in [1.54, 1.807) is 12.1 Å². The summed E-state index contributed by atoms with van der Waals surface area (Å²) < 4.78 is 65.6. The number of anilines is 1. The van der Waals surface area contributed by atoms with Crippen LogP contribution in [0, 0.1) is 11.6 Å². The maximum absolute atomic E-state index is 13.8. The minimum absolute atomic E-state index is 0.0531. The summed E-state index contributed by atoms with van der Waals surface area (Å²) in [5.41, 5.74) is -1.05. The zero-order valence-electron chi connectivity index (χ0n) is 14.0. The monoisotopic (exact) mass is 427 g/mol. The molecule has 1 N–H and O–H groups in total. The maximum Gasteiger partial charge on any atom is 0.276 e. The van der Waals surface area contributed by atoms with Gasteiger partial charge in [-0.25, -0.2) is 26.6 Å². The Morgan fingerprint density at radius 1 is 1.11 bits per heavy atom. The highest BCUT2D eigenvalue weighted by Crippen LogP contribution is 2.32. The molecule has 2 heterocycles. The third kappa shape index (κ3) is 4.20. The van der Waals surface area contributed by atoms with Gasteiger partial charge in [-0.1, -0.05) is 23.5 Å². The quantitative estimate of drug-likeness (QED) is 0.650. The molecular weight excluding hydrogens is 415 g/mol. The number of nitrogens with zero attached hydrogens (tertiary/aromatic N) is 2. The minimum Gasteiger partial charge on any atom is -0.296 e. The number of nitrogens with one attached hydrogen (secondary N) is 1. The van der Waals surface area contributed by atoms with Crippen molar-refractivity contribution in [2.24, 2.45) is 0 Å². The van der Waals surface area contributed by atoms with E-state index in [0.29, 0.717) is 11.3 Å². The molecule has 0 spiro atoms. The number of aromatic nitrogens is 2. The van der Waals surface area contributed by atoms with Crippen LogP contribution < -0.4 is 5.32 Å². The molecule has 0 saturated carbocycles. The van der Waals surface area contributed by atoms with Gasteiger partial charge in [-0.2, -0.15) is 0 Å². The first-order valence-electron chi connectivity index (χ1n) is 7.75. The van der Waals surface area contributed by atoms with E-state index in [4.69, 9.17) is 0 Å². The number of benzene rings is 1. The van der Waals surface area contributed by atoms with Gasteiger partial charge in [0.15, 0.2) is 15.0 Å². The number of thiazole rings is 1. The largest absolute Gasteiger partial charge is 0.296 e. The second-order valence-corrected chi connectivity index (χ2v) is 8.70. The summed E-state index contributed by atoms with van der Waals surface area (Å²) in [7, 11) is -4.31. The van der Waals surface area contributed by atoms with Gasteiger partial charge in [0.05, 0.1) is 5.75 Å². The molecule has 0 radical (unpaired) electrons. The van der Waals surface area contributed by atoms with Gasteiger partial charge in [-0.05, 0) is 24.3 Å². The molecule has 28 heavy (non-hydrogen) atoms. The fourth-order valence-electron chi connectivity index (χ4n) is 2.30. The average Bonchev–Trinajstić information content (AvgIpc) is 3.09. The highest BCUT2D eigenvalue weighted by atomic mass is 32.2. The van der Waals surface area contributed by atoms with Crippen molar-refractivity contribution in [1.82, 2.24) is 9.97 Å².